The van der Waals surface area contributed by atoms with Crippen molar-refractivity contribution < 1.29 is 0 Å². The summed E-state index contributed by atoms with van der Waals surface area (Å²) in [6, 6.07) is 9.78. The molecule has 18 heavy (non-hydrogen) atoms. The topological polar surface area (TPSA) is 12.0 Å². The molecule has 100 valence electrons. The summed E-state index contributed by atoms with van der Waals surface area (Å²) >= 11 is 3.55. The van der Waals surface area contributed by atoms with Crippen LogP contribution in [0.4, 0.5) is 0 Å². The van der Waals surface area contributed by atoms with Crippen molar-refractivity contribution >= 4 is 15.9 Å². The Kier molecular flexibility index (Phi) is 5.25. The molecule has 0 aliphatic heterocycles. The first-order valence-corrected chi connectivity index (χ1v) is 7.96. The summed E-state index contributed by atoms with van der Waals surface area (Å²) in [6.45, 7) is 4.66. The molecule has 1 nitrogen and oxygen atoms in total. The molecule has 1 aromatic rings. The highest BCUT2D eigenvalue weighted by Gasteiger charge is 2.18. The largest absolute Gasteiger partial charge is 0.307 e. The Hall–Kier alpha value is -0.340. The van der Waals surface area contributed by atoms with Crippen molar-refractivity contribution in [2.75, 3.05) is 0 Å². The van der Waals surface area contributed by atoms with Crippen molar-refractivity contribution in [3.8, 4) is 0 Å². The summed E-state index contributed by atoms with van der Waals surface area (Å²) < 4.78 is 1.17. The Morgan fingerprint density at radius 3 is 2.83 bits per heavy atom. The van der Waals surface area contributed by atoms with Crippen LogP contribution in [0.3, 0.4) is 0 Å². The molecule has 0 bridgehead atoms. The van der Waals surface area contributed by atoms with Gasteiger partial charge in [0.15, 0.2) is 0 Å². The van der Waals surface area contributed by atoms with Gasteiger partial charge in [-0.05, 0) is 49.8 Å². The quantitative estimate of drug-likeness (QED) is 0.769. The van der Waals surface area contributed by atoms with Gasteiger partial charge in [-0.3, -0.25) is 0 Å². The van der Waals surface area contributed by atoms with E-state index in [0.29, 0.717) is 12.1 Å². The van der Waals surface area contributed by atoms with Crippen LogP contribution >= 0.6 is 15.9 Å². The molecule has 2 rings (SSSR count). The van der Waals surface area contributed by atoms with Crippen molar-refractivity contribution in [1.29, 1.82) is 0 Å². The van der Waals surface area contributed by atoms with Crippen LogP contribution in [0.25, 0.3) is 0 Å². The van der Waals surface area contributed by atoms with Crippen LogP contribution in [-0.4, -0.2) is 6.04 Å². The fourth-order valence-electron chi connectivity index (χ4n) is 2.88. The Balaban J connectivity index is 1.92. The molecule has 0 saturated heterocycles. The third-order valence-corrected chi connectivity index (χ3v) is 4.59. The predicted molar refractivity (Wildman–Crippen MR) is 81.7 cm³/mol. The first-order chi connectivity index (χ1) is 8.65. The van der Waals surface area contributed by atoms with Crippen molar-refractivity contribution in [3.63, 3.8) is 0 Å². The highest BCUT2D eigenvalue weighted by atomic mass is 79.9. The van der Waals surface area contributed by atoms with E-state index >= 15 is 0 Å². The Morgan fingerprint density at radius 1 is 1.22 bits per heavy atom. The predicted octanol–water partition coefficient (Wildman–Crippen LogP) is 5.07. The molecule has 0 heterocycles. The Labute approximate surface area is 119 Å². The van der Waals surface area contributed by atoms with Gasteiger partial charge in [-0.15, -0.1) is 0 Å². The number of hydrogen-bond donors (Lipinski definition) is 1. The number of nitrogens with one attached hydrogen (secondary N) is 1. The van der Waals surface area contributed by atoms with Gasteiger partial charge in [-0.1, -0.05) is 47.8 Å². The van der Waals surface area contributed by atoms with E-state index in [1.54, 1.807) is 0 Å². The van der Waals surface area contributed by atoms with Crippen molar-refractivity contribution in [3.05, 3.63) is 34.3 Å². The number of hydrogen-bond acceptors (Lipinski definition) is 1. The molecule has 1 aromatic carbocycles. The van der Waals surface area contributed by atoms with E-state index in [1.807, 2.05) is 0 Å². The van der Waals surface area contributed by atoms with Crippen LogP contribution in [0.5, 0.6) is 0 Å². The maximum Gasteiger partial charge on any atom is 0.0294 e. The fraction of sp³-hybridized carbons (Fsp3) is 0.625. The molecule has 2 heteroatoms. The zero-order valence-corrected chi connectivity index (χ0v) is 13.0. The van der Waals surface area contributed by atoms with Crippen LogP contribution in [-0.2, 0) is 0 Å². The van der Waals surface area contributed by atoms with Gasteiger partial charge in [-0.2, -0.15) is 0 Å². The first-order valence-electron chi connectivity index (χ1n) is 7.16. The lowest BCUT2D eigenvalue weighted by Crippen LogP contribution is -2.31. The van der Waals surface area contributed by atoms with E-state index in [1.165, 1.54) is 42.1 Å². The van der Waals surface area contributed by atoms with E-state index in [0.717, 1.165) is 5.92 Å². The maximum absolute atomic E-state index is 3.80. The molecule has 1 saturated carbocycles. The van der Waals surface area contributed by atoms with Crippen LogP contribution in [0.15, 0.2) is 28.7 Å². The minimum Gasteiger partial charge on any atom is -0.307 e. The van der Waals surface area contributed by atoms with Gasteiger partial charge in [0.1, 0.15) is 0 Å². The van der Waals surface area contributed by atoms with E-state index in [4.69, 9.17) is 0 Å². The molecule has 0 aromatic heterocycles. The summed E-state index contributed by atoms with van der Waals surface area (Å²) in [5, 5.41) is 3.80. The summed E-state index contributed by atoms with van der Waals surface area (Å²) in [5.41, 5.74) is 1.38. The monoisotopic (exact) mass is 309 g/mol. The second-order valence-corrected chi connectivity index (χ2v) is 6.67. The van der Waals surface area contributed by atoms with Gasteiger partial charge in [0.25, 0.3) is 0 Å². The second kappa shape index (κ2) is 6.72. The number of rotatable bonds is 3. The van der Waals surface area contributed by atoms with E-state index < -0.39 is 0 Å². The Morgan fingerprint density at radius 2 is 2.06 bits per heavy atom. The highest BCUT2D eigenvalue weighted by Crippen LogP contribution is 2.25. The SMILES string of the molecule is CC1CCCC(NC(C)c2cccc(Br)c2)CC1. The van der Waals surface area contributed by atoms with Gasteiger partial charge < -0.3 is 5.32 Å². The molecular formula is C16H24BrN. The Bertz CT molecular complexity index is 377. The van der Waals surface area contributed by atoms with E-state index in [2.05, 4.69) is 59.4 Å². The molecule has 0 spiro atoms. The molecular weight excluding hydrogens is 286 g/mol. The molecule has 3 unspecified atom stereocenters. The lowest BCUT2D eigenvalue weighted by atomic mass is 10.0. The lowest BCUT2D eigenvalue weighted by Gasteiger charge is -2.22. The summed E-state index contributed by atoms with van der Waals surface area (Å²) in [7, 11) is 0. The molecule has 1 aliphatic rings. The highest BCUT2D eigenvalue weighted by molar-refractivity contribution is 9.10. The third kappa shape index (κ3) is 4.10. The zero-order chi connectivity index (χ0) is 13.0. The first kappa shape index (κ1) is 14.1. The van der Waals surface area contributed by atoms with Crippen molar-refractivity contribution in [2.24, 2.45) is 5.92 Å². The van der Waals surface area contributed by atoms with Crippen LogP contribution < -0.4 is 5.32 Å². The van der Waals surface area contributed by atoms with Crippen LogP contribution in [0.1, 0.15) is 57.6 Å². The van der Waals surface area contributed by atoms with Crippen molar-refractivity contribution in [2.45, 2.75) is 58.0 Å². The summed E-state index contributed by atoms with van der Waals surface area (Å²) in [4.78, 5) is 0. The maximum atomic E-state index is 3.80. The molecule has 0 amide bonds. The van der Waals surface area contributed by atoms with Gasteiger partial charge in [-0.25, -0.2) is 0 Å². The average molecular weight is 310 g/mol. The van der Waals surface area contributed by atoms with Gasteiger partial charge in [0.05, 0.1) is 0 Å². The number of benzene rings is 1. The van der Waals surface area contributed by atoms with Crippen LogP contribution in [0.2, 0.25) is 0 Å². The standard InChI is InChI=1S/C16H24BrN/c1-12-5-3-8-16(10-9-12)18-13(2)14-6-4-7-15(17)11-14/h4,6-7,11-13,16,18H,3,5,8-10H2,1-2H3. The van der Waals surface area contributed by atoms with Gasteiger partial charge in [0, 0.05) is 16.6 Å². The fourth-order valence-corrected chi connectivity index (χ4v) is 3.30. The van der Waals surface area contributed by atoms with Gasteiger partial charge >= 0.3 is 0 Å². The van der Waals surface area contributed by atoms with Crippen LogP contribution in [0, 0.1) is 5.92 Å². The molecule has 1 fully saturated rings. The second-order valence-electron chi connectivity index (χ2n) is 5.75. The average Bonchev–Trinajstić information content (AvgIpc) is 2.54. The smallest absolute Gasteiger partial charge is 0.0294 e. The number of halogens is 1. The van der Waals surface area contributed by atoms with E-state index in [9.17, 15) is 0 Å². The molecule has 0 radical (unpaired) electrons. The lowest BCUT2D eigenvalue weighted by molar-refractivity contribution is 0.408. The van der Waals surface area contributed by atoms with Crippen molar-refractivity contribution in [1.82, 2.24) is 5.32 Å². The normalized spacial score (nSPS) is 26.6. The minimum atomic E-state index is 0.445. The summed E-state index contributed by atoms with van der Waals surface area (Å²) in [6.07, 6.45) is 6.83. The molecule has 3 atom stereocenters. The van der Waals surface area contributed by atoms with Gasteiger partial charge in [0.2, 0.25) is 0 Å². The molecule has 1 aliphatic carbocycles. The molecule has 1 N–H and O–H groups in total. The summed E-state index contributed by atoms with van der Waals surface area (Å²) in [5.74, 6) is 0.915. The minimum absolute atomic E-state index is 0.445. The van der Waals surface area contributed by atoms with E-state index in [-0.39, 0.29) is 0 Å². The zero-order valence-electron chi connectivity index (χ0n) is 11.5. The third-order valence-electron chi connectivity index (χ3n) is 4.09.